The Morgan fingerprint density at radius 3 is 2.40 bits per heavy atom. The van der Waals surface area contributed by atoms with E-state index in [1.165, 1.54) is 11.8 Å². The minimum absolute atomic E-state index is 0.0324. The van der Waals surface area contributed by atoms with Crippen molar-refractivity contribution in [3.8, 4) is 0 Å². The summed E-state index contributed by atoms with van der Waals surface area (Å²) in [7, 11) is 1.63. The van der Waals surface area contributed by atoms with E-state index in [1.807, 2.05) is 0 Å². The van der Waals surface area contributed by atoms with Crippen molar-refractivity contribution >= 4 is 11.9 Å². The molecule has 0 fully saturated rings. The number of carbonyl (C=O) groups excluding carboxylic acids is 1. The van der Waals surface area contributed by atoms with Crippen molar-refractivity contribution < 1.29 is 14.7 Å². The first kappa shape index (κ1) is 13.9. The van der Waals surface area contributed by atoms with E-state index in [-0.39, 0.29) is 12.5 Å². The van der Waals surface area contributed by atoms with E-state index in [1.54, 1.807) is 7.05 Å². The fraction of sp³-hybridized carbons (Fsp3) is 0.778. The van der Waals surface area contributed by atoms with E-state index in [9.17, 15) is 9.59 Å². The number of hydrogen-bond acceptors (Lipinski definition) is 4. The number of carbonyl (C=O) groups is 2. The molecule has 0 rings (SSSR count). The van der Waals surface area contributed by atoms with Gasteiger partial charge in [0, 0.05) is 13.6 Å². The number of hydrogen-bond donors (Lipinski definition) is 3. The second-order valence-corrected chi connectivity index (χ2v) is 3.85. The highest BCUT2D eigenvalue weighted by Crippen LogP contribution is 2.09. The molecule has 0 aromatic rings. The molecule has 6 heteroatoms. The Bertz CT molecular complexity index is 241. The van der Waals surface area contributed by atoms with Gasteiger partial charge in [-0.2, -0.15) is 0 Å². The summed E-state index contributed by atoms with van der Waals surface area (Å²) in [6.07, 6.45) is 0.867. The highest BCUT2D eigenvalue weighted by Gasteiger charge is 2.27. The molecule has 6 nitrogen and oxygen atoms in total. The largest absolute Gasteiger partial charge is 0.480 e. The van der Waals surface area contributed by atoms with E-state index in [2.05, 4.69) is 0 Å². The first-order valence-corrected chi connectivity index (χ1v) is 4.77. The van der Waals surface area contributed by atoms with Gasteiger partial charge in [0.15, 0.2) is 0 Å². The van der Waals surface area contributed by atoms with Crippen LogP contribution in [-0.4, -0.2) is 47.6 Å². The van der Waals surface area contributed by atoms with Crippen molar-refractivity contribution in [2.24, 2.45) is 11.5 Å². The minimum Gasteiger partial charge on any atom is -0.480 e. The van der Waals surface area contributed by atoms with Gasteiger partial charge in [0.25, 0.3) is 0 Å². The van der Waals surface area contributed by atoms with Gasteiger partial charge in [-0.15, -0.1) is 0 Å². The molecule has 0 aliphatic carbocycles. The molecule has 0 radical (unpaired) electrons. The highest BCUT2D eigenvalue weighted by molar-refractivity contribution is 5.78. The number of likely N-dealkylation sites (N-methyl/N-ethyl adjacent to an activating group) is 1. The van der Waals surface area contributed by atoms with Crippen molar-refractivity contribution in [1.82, 2.24) is 4.90 Å². The molecule has 0 aromatic carbocycles. The molecule has 0 heterocycles. The van der Waals surface area contributed by atoms with E-state index in [0.29, 0.717) is 19.4 Å². The molecule has 1 amide bonds. The van der Waals surface area contributed by atoms with Crippen molar-refractivity contribution in [2.45, 2.75) is 25.3 Å². The molecule has 0 unspecified atom stereocenters. The maximum Gasteiger partial charge on any atom is 0.323 e. The number of carboxylic acids is 1. The molecule has 0 saturated carbocycles. The van der Waals surface area contributed by atoms with Gasteiger partial charge in [0.2, 0.25) is 5.91 Å². The molecule has 0 spiro atoms. The van der Waals surface area contributed by atoms with Crippen LogP contribution < -0.4 is 11.5 Å². The van der Waals surface area contributed by atoms with Crippen molar-refractivity contribution in [3.63, 3.8) is 0 Å². The SMILES string of the molecule is CN(CCC[C@](C)(N)C(=O)O)C(=O)CN. The van der Waals surface area contributed by atoms with Gasteiger partial charge in [-0.25, -0.2) is 0 Å². The Kier molecular flexibility index (Phi) is 5.24. The van der Waals surface area contributed by atoms with Gasteiger partial charge in [0.05, 0.1) is 6.54 Å². The molecule has 15 heavy (non-hydrogen) atoms. The predicted molar refractivity (Wildman–Crippen MR) is 56.2 cm³/mol. The average Bonchev–Trinajstić information content (AvgIpc) is 2.15. The number of aliphatic carboxylic acids is 1. The summed E-state index contributed by atoms with van der Waals surface area (Å²) < 4.78 is 0. The van der Waals surface area contributed by atoms with Gasteiger partial charge >= 0.3 is 5.97 Å². The molecule has 5 N–H and O–H groups in total. The maximum absolute atomic E-state index is 11.1. The molecular formula is C9H19N3O3. The van der Waals surface area contributed by atoms with Gasteiger partial charge in [-0.3, -0.25) is 9.59 Å². The summed E-state index contributed by atoms with van der Waals surface area (Å²) in [5, 5.41) is 8.74. The number of carboxylic acid groups (broad SMARTS) is 1. The van der Waals surface area contributed by atoms with E-state index < -0.39 is 11.5 Å². The highest BCUT2D eigenvalue weighted by atomic mass is 16.4. The Balaban J connectivity index is 3.89. The lowest BCUT2D eigenvalue weighted by Gasteiger charge is -2.21. The fourth-order valence-corrected chi connectivity index (χ4v) is 1.07. The number of nitrogens with zero attached hydrogens (tertiary/aromatic N) is 1. The molecule has 1 atom stereocenters. The standard InChI is InChI=1S/C9H19N3O3/c1-9(11,8(14)15)4-3-5-12(2)7(13)6-10/h3-6,10-11H2,1-2H3,(H,14,15)/t9-/m0/s1. The van der Waals surface area contributed by atoms with Crippen LogP contribution in [0.4, 0.5) is 0 Å². The zero-order valence-corrected chi connectivity index (χ0v) is 9.19. The lowest BCUT2D eigenvalue weighted by atomic mass is 9.97. The summed E-state index contributed by atoms with van der Waals surface area (Å²) in [4.78, 5) is 23.2. The quantitative estimate of drug-likeness (QED) is 0.528. The monoisotopic (exact) mass is 217 g/mol. The van der Waals surface area contributed by atoms with Gasteiger partial charge in [-0.1, -0.05) is 0 Å². The second-order valence-electron chi connectivity index (χ2n) is 3.85. The maximum atomic E-state index is 11.1. The van der Waals surface area contributed by atoms with Crippen LogP contribution in [-0.2, 0) is 9.59 Å². The van der Waals surface area contributed by atoms with Crippen LogP contribution in [0, 0.1) is 0 Å². The molecule has 0 aliphatic rings. The topological polar surface area (TPSA) is 110 Å². The van der Waals surface area contributed by atoms with Crippen LogP contribution >= 0.6 is 0 Å². The molecule has 0 aromatic heterocycles. The second kappa shape index (κ2) is 5.67. The molecule has 0 aliphatic heterocycles. The van der Waals surface area contributed by atoms with E-state index in [4.69, 9.17) is 16.6 Å². The van der Waals surface area contributed by atoms with Crippen molar-refractivity contribution in [1.29, 1.82) is 0 Å². The number of nitrogens with two attached hydrogens (primary N) is 2. The van der Waals surface area contributed by atoms with Gasteiger partial charge in [-0.05, 0) is 19.8 Å². The van der Waals surface area contributed by atoms with Crippen LogP contribution in [0.1, 0.15) is 19.8 Å². The van der Waals surface area contributed by atoms with Crippen LogP contribution in [0.25, 0.3) is 0 Å². The van der Waals surface area contributed by atoms with E-state index >= 15 is 0 Å². The Labute approximate surface area is 89.2 Å². The number of amides is 1. The lowest BCUT2D eigenvalue weighted by Crippen LogP contribution is -2.45. The first-order valence-electron chi connectivity index (χ1n) is 4.77. The molecule has 0 saturated heterocycles. The predicted octanol–water partition coefficient (Wildman–Crippen LogP) is -1.01. The minimum atomic E-state index is -1.23. The smallest absolute Gasteiger partial charge is 0.323 e. The summed E-state index contributed by atoms with van der Waals surface area (Å²) in [6.45, 7) is 1.89. The summed E-state index contributed by atoms with van der Waals surface area (Å²) in [5.74, 6) is -1.20. The Morgan fingerprint density at radius 2 is 2.00 bits per heavy atom. The van der Waals surface area contributed by atoms with Crippen LogP contribution in [0.5, 0.6) is 0 Å². The lowest BCUT2D eigenvalue weighted by molar-refractivity contribution is -0.142. The van der Waals surface area contributed by atoms with Crippen LogP contribution in [0.3, 0.4) is 0 Å². The van der Waals surface area contributed by atoms with E-state index in [0.717, 1.165) is 0 Å². The first-order chi connectivity index (χ1) is 6.81. The fourth-order valence-electron chi connectivity index (χ4n) is 1.07. The zero-order valence-electron chi connectivity index (χ0n) is 9.19. The van der Waals surface area contributed by atoms with Gasteiger partial charge in [0.1, 0.15) is 5.54 Å². The molecule has 0 bridgehead atoms. The summed E-state index contributed by atoms with van der Waals surface area (Å²) in [5.41, 5.74) is 9.47. The third kappa shape index (κ3) is 4.75. The number of rotatable bonds is 6. The van der Waals surface area contributed by atoms with Crippen molar-refractivity contribution in [3.05, 3.63) is 0 Å². The molecule has 88 valence electrons. The third-order valence-electron chi connectivity index (χ3n) is 2.28. The van der Waals surface area contributed by atoms with Crippen molar-refractivity contribution in [2.75, 3.05) is 20.1 Å². The molecular weight excluding hydrogens is 198 g/mol. The van der Waals surface area contributed by atoms with Gasteiger partial charge < -0.3 is 21.5 Å². The van der Waals surface area contributed by atoms with Crippen LogP contribution in [0.15, 0.2) is 0 Å². The normalized spacial score (nSPS) is 14.4. The Hall–Kier alpha value is -1.14. The third-order valence-corrected chi connectivity index (χ3v) is 2.28. The summed E-state index contributed by atoms with van der Waals surface area (Å²) >= 11 is 0. The summed E-state index contributed by atoms with van der Waals surface area (Å²) in [6, 6.07) is 0. The Morgan fingerprint density at radius 1 is 1.47 bits per heavy atom. The van der Waals surface area contributed by atoms with Crippen LogP contribution in [0.2, 0.25) is 0 Å². The average molecular weight is 217 g/mol. The zero-order chi connectivity index (χ0) is 12.1.